The zero-order chi connectivity index (χ0) is 15.4. The van der Waals surface area contributed by atoms with E-state index in [9.17, 15) is 0 Å². The lowest BCUT2D eigenvalue weighted by Crippen LogP contribution is -2.20. The number of nitrogens with zero attached hydrogens (tertiary/aromatic N) is 1. The molecule has 1 atom stereocenters. The van der Waals surface area contributed by atoms with Gasteiger partial charge in [-0.3, -0.25) is 4.98 Å². The van der Waals surface area contributed by atoms with Gasteiger partial charge in [-0.25, -0.2) is 0 Å². The molecule has 1 N–H and O–H groups in total. The quantitative estimate of drug-likeness (QED) is 0.917. The minimum atomic E-state index is -0.00500. The second-order valence-electron chi connectivity index (χ2n) is 5.08. The SMILES string of the molecule is CNC(c1cc(OC)cc(OC)c1)c1ncc(C)cc1C. The molecule has 1 aromatic carbocycles. The fourth-order valence-electron chi connectivity index (χ4n) is 2.49. The Morgan fingerprint density at radius 1 is 1.00 bits per heavy atom. The lowest BCUT2D eigenvalue weighted by Gasteiger charge is -2.20. The summed E-state index contributed by atoms with van der Waals surface area (Å²) in [4.78, 5) is 4.59. The van der Waals surface area contributed by atoms with Crippen molar-refractivity contribution in [1.29, 1.82) is 0 Å². The number of pyridine rings is 1. The molecule has 0 amide bonds. The van der Waals surface area contributed by atoms with Gasteiger partial charge in [0.1, 0.15) is 11.5 Å². The van der Waals surface area contributed by atoms with E-state index >= 15 is 0 Å². The highest BCUT2D eigenvalue weighted by Crippen LogP contribution is 2.30. The highest BCUT2D eigenvalue weighted by Gasteiger charge is 2.17. The third-order valence-electron chi connectivity index (χ3n) is 3.52. The van der Waals surface area contributed by atoms with Crippen LogP contribution < -0.4 is 14.8 Å². The maximum Gasteiger partial charge on any atom is 0.122 e. The summed E-state index contributed by atoms with van der Waals surface area (Å²) in [5.41, 5.74) is 4.40. The molecular formula is C17H22N2O2. The average Bonchev–Trinajstić information content (AvgIpc) is 2.49. The van der Waals surface area contributed by atoms with Crippen molar-refractivity contribution < 1.29 is 9.47 Å². The molecule has 0 aliphatic rings. The maximum absolute atomic E-state index is 5.35. The minimum Gasteiger partial charge on any atom is -0.497 e. The highest BCUT2D eigenvalue weighted by molar-refractivity contribution is 5.43. The predicted molar refractivity (Wildman–Crippen MR) is 84.2 cm³/mol. The molecule has 0 spiro atoms. The molecule has 112 valence electrons. The van der Waals surface area contributed by atoms with E-state index in [0.717, 1.165) is 33.9 Å². The first kappa shape index (κ1) is 15.3. The van der Waals surface area contributed by atoms with E-state index in [1.54, 1.807) is 14.2 Å². The van der Waals surface area contributed by atoms with E-state index in [0.29, 0.717) is 0 Å². The summed E-state index contributed by atoms with van der Waals surface area (Å²) in [6.07, 6.45) is 1.89. The van der Waals surface area contributed by atoms with Crippen LogP contribution in [0.4, 0.5) is 0 Å². The van der Waals surface area contributed by atoms with Gasteiger partial charge in [-0.15, -0.1) is 0 Å². The van der Waals surface area contributed by atoms with Crippen LogP contribution >= 0.6 is 0 Å². The zero-order valence-electron chi connectivity index (χ0n) is 13.2. The van der Waals surface area contributed by atoms with Crippen molar-refractivity contribution >= 4 is 0 Å². The van der Waals surface area contributed by atoms with Crippen LogP contribution in [0.15, 0.2) is 30.5 Å². The van der Waals surface area contributed by atoms with E-state index in [-0.39, 0.29) is 6.04 Å². The van der Waals surface area contributed by atoms with Crippen LogP contribution in [0.25, 0.3) is 0 Å². The Labute approximate surface area is 126 Å². The molecule has 0 radical (unpaired) electrons. The first-order chi connectivity index (χ1) is 10.1. The van der Waals surface area contributed by atoms with E-state index in [1.807, 2.05) is 38.4 Å². The van der Waals surface area contributed by atoms with Gasteiger partial charge in [0, 0.05) is 12.3 Å². The minimum absolute atomic E-state index is 0.00500. The third kappa shape index (κ3) is 3.34. The van der Waals surface area contributed by atoms with Gasteiger partial charge in [-0.1, -0.05) is 6.07 Å². The maximum atomic E-state index is 5.35. The van der Waals surface area contributed by atoms with Crippen molar-refractivity contribution in [2.75, 3.05) is 21.3 Å². The van der Waals surface area contributed by atoms with Crippen molar-refractivity contribution in [3.63, 3.8) is 0 Å². The standard InChI is InChI=1S/C17H22N2O2/c1-11-6-12(2)16(19-10-11)17(18-3)13-7-14(20-4)9-15(8-13)21-5/h6-10,17-18H,1-5H3. The number of hydrogen-bond donors (Lipinski definition) is 1. The second-order valence-corrected chi connectivity index (χ2v) is 5.08. The Balaban J connectivity index is 2.50. The Hall–Kier alpha value is -2.07. The summed E-state index contributed by atoms with van der Waals surface area (Å²) in [6, 6.07) is 8.01. The molecule has 1 heterocycles. The van der Waals surface area contributed by atoms with Crippen LogP contribution in [0.2, 0.25) is 0 Å². The summed E-state index contributed by atoms with van der Waals surface area (Å²) in [7, 11) is 5.24. The van der Waals surface area contributed by atoms with Gasteiger partial charge < -0.3 is 14.8 Å². The number of nitrogens with one attached hydrogen (secondary N) is 1. The van der Waals surface area contributed by atoms with Gasteiger partial charge in [0.15, 0.2) is 0 Å². The number of aryl methyl sites for hydroxylation is 2. The van der Waals surface area contributed by atoms with E-state index in [2.05, 4.69) is 23.3 Å². The molecule has 0 aliphatic heterocycles. The molecule has 4 nitrogen and oxygen atoms in total. The fourth-order valence-corrected chi connectivity index (χ4v) is 2.49. The van der Waals surface area contributed by atoms with E-state index < -0.39 is 0 Å². The summed E-state index contributed by atoms with van der Waals surface area (Å²) in [5, 5.41) is 3.32. The fraction of sp³-hybridized carbons (Fsp3) is 0.353. The third-order valence-corrected chi connectivity index (χ3v) is 3.52. The van der Waals surface area contributed by atoms with Crippen LogP contribution in [0, 0.1) is 13.8 Å². The molecule has 0 saturated heterocycles. The number of methoxy groups -OCH3 is 2. The number of rotatable bonds is 5. The summed E-state index contributed by atoms with van der Waals surface area (Å²) >= 11 is 0. The van der Waals surface area contributed by atoms with Gasteiger partial charge in [-0.05, 0) is 49.7 Å². The molecule has 2 aromatic rings. The van der Waals surface area contributed by atoms with Gasteiger partial charge >= 0.3 is 0 Å². The molecule has 1 unspecified atom stereocenters. The molecular weight excluding hydrogens is 264 g/mol. The van der Waals surface area contributed by atoms with Gasteiger partial charge in [0.05, 0.1) is 26.0 Å². The molecule has 4 heteroatoms. The zero-order valence-corrected chi connectivity index (χ0v) is 13.2. The normalized spacial score (nSPS) is 12.0. The van der Waals surface area contributed by atoms with Crippen molar-refractivity contribution in [2.45, 2.75) is 19.9 Å². The van der Waals surface area contributed by atoms with Crippen LogP contribution in [0.5, 0.6) is 11.5 Å². The van der Waals surface area contributed by atoms with Gasteiger partial charge in [0.25, 0.3) is 0 Å². The Kier molecular flexibility index (Phi) is 4.81. The second kappa shape index (κ2) is 6.59. The highest BCUT2D eigenvalue weighted by atomic mass is 16.5. The molecule has 0 fully saturated rings. The van der Waals surface area contributed by atoms with Crippen LogP contribution in [-0.2, 0) is 0 Å². The van der Waals surface area contributed by atoms with Gasteiger partial charge in [-0.2, -0.15) is 0 Å². The van der Waals surface area contributed by atoms with E-state index in [4.69, 9.17) is 9.47 Å². The molecule has 0 aliphatic carbocycles. The first-order valence-corrected chi connectivity index (χ1v) is 6.92. The smallest absolute Gasteiger partial charge is 0.122 e. The Morgan fingerprint density at radius 2 is 1.62 bits per heavy atom. The monoisotopic (exact) mass is 286 g/mol. The summed E-state index contributed by atoms with van der Waals surface area (Å²) < 4.78 is 10.7. The number of hydrogen-bond acceptors (Lipinski definition) is 4. The number of aromatic nitrogens is 1. The largest absolute Gasteiger partial charge is 0.497 e. The van der Waals surface area contributed by atoms with Gasteiger partial charge in [0.2, 0.25) is 0 Å². The Morgan fingerprint density at radius 3 is 2.10 bits per heavy atom. The van der Waals surface area contributed by atoms with Crippen LogP contribution in [0.1, 0.15) is 28.4 Å². The number of ether oxygens (including phenoxy) is 2. The van der Waals surface area contributed by atoms with Crippen LogP contribution in [0.3, 0.4) is 0 Å². The summed E-state index contributed by atoms with van der Waals surface area (Å²) in [5.74, 6) is 1.55. The average molecular weight is 286 g/mol. The first-order valence-electron chi connectivity index (χ1n) is 6.92. The number of benzene rings is 1. The Bertz CT molecular complexity index is 604. The molecule has 21 heavy (non-hydrogen) atoms. The molecule has 0 bridgehead atoms. The lowest BCUT2D eigenvalue weighted by molar-refractivity contribution is 0.392. The van der Waals surface area contributed by atoms with Crippen molar-refractivity contribution in [3.8, 4) is 11.5 Å². The summed E-state index contributed by atoms with van der Waals surface area (Å²) in [6.45, 7) is 4.13. The lowest BCUT2D eigenvalue weighted by atomic mass is 9.99. The van der Waals surface area contributed by atoms with Crippen molar-refractivity contribution in [2.24, 2.45) is 0 Å². The predicted octanol–water partition coefficient (Wildman–Crippen LogP) is 3.02. The topological polar surface area (TPSA) is 43.4 Å². The van der Waals surface area contributed by atoms with Crippen molar-refractivity contribution in [1.82, 2.24) is 10.3 Å². The van der Waals surface area contributed by atoms with Crippen molar-refractivity contribution in [3.05, 3.63) is 52.8 Å². The molecule has 0 saturated carbocycles. The molecule has 1 aromatic heterocycles. The molecule has 2 rings (SSSR count). The van der Waals surface area contributed by atoms with E-state index in [1.165, 1.54) is 0 Å². The van der Waals surface area contributed by atoms with Crippen LogP contribution in [-0.4, -0.2) is 26.3 Å².